The van der Waals surface area contributed by atoms with Crippen LogP contribution < -0.4 is 5.32 Å². The molecule has 0 aromatic carbocycles. The molecule has 100 valence electrons. The number of rotatable bonds is 6. The van der Waals surface area contributed by atoms with Crippen LogP contribution in [-0.4, -0.2) is 43.7 Å². The molecular weight excluding hydrogens is 232 g/mol. The fourth-order valence-electron chi connectivity index (χ4n) is 2.00. The summed E-state index contributed by atoms with van der Waals surface area (Å²) in [6.45, 7) is 2.45. The van der Waals surface area contributed by atoms with E-state index in [0.29, 0.717) is 13.1 Å². The zero-order valence-corrected chi connectivity index (χ0v) is 10.7. The second-order valence-electron chi connectivity index (χ2n) is 4.60. The molecule has 1 saturated heterocycles. The lowest BCUT2D eigenvalue weighted by Crippen LogP contribution is -2.37. The largest absolute Gasteiger partial charge is 0.467 e. The van der Waals surface area contributed by atoms with Gasteiger partial charge in [-0.1, -0.05) is 0 Å². The van der Waals surface area contributed by atoms with Crippen molar-refractivity contribution in [2.75, 3.05) is 26.7 Å². The Bertz CT molecular complexity index is 358. The average Bonchev–Trinajstić information content (AvgIpc) is 3.01. The highest BCUT2D eigenvalue weighted by Gasteiger charge is 2.16. The summed E-state index contributed by atoms with van der Waals surface area (Å²) in [6, 6.07) is 3.69. The van der Waals surface area contributed by atoms with E-state index in [9.17, 15) is 4.79 Å². The van der Waals surface area contributed by atoms with Gasteiger partial charge in [0.15, 0.2) is 0 Å². The summed E-state index contributed by atoms with van der Waals surface area (Å²) in [5.41, 5.74) is 0. The molecule has 2 heterocycles. The number of nitrogens with one attached hydrogen (secondary N) is 1. The highest BCUT2D eigenvalue weighted by atomic mass is 16.5. The number of nitrogens with zero attached hydrogens (tertiary/aromatic N) is 1. The first-order valence-corrected chi connectivity index (χ1v) is 6.34. The van der Waals surface area contributed by atoms with E-state index in [4.69, 9.17) is 9.15 Å². The molecule has 1 aliphatic rings. The molecule has 2 rings (SSSR count). The Balaban J connectivity index is 1.64. The zero-order valence-electron chi connectivity index (χ0n) is 10.7. The van der Waals surface area contributed by atoms with Crippen molar-refractivity contribution in [3.8, 4) is 0 Å². The third-order valence-corrected chi connectivity index (χ3v) is 3.07. The Kier molecular flexibility index (Phi) is 4.78. The van der Waals surface area contributed by atoms with Crippen molar-refractivity contribution >= 4 is 5.91 Å². The summed E-state index contributed by atoms with van der Waals surface area (Å²) in [6.07, 6.45) is 4.10. The van der Waals surface area contributed by atoms with E-state index in [1.807, 2.05) is 12.1 Å². The molecule has 0 saturated carbocycles. The van der Waals surface area contributed by atoms with Crippen molar-refractivity contribution in [2.45, 2.75) is 25.5 Å². The minimum Gasteiger partial charge on any atom is -0.467 e. The van der Waals surface area contributed by atoms with Crippen LogP contribution in [0.2, 0.25) is 0 Å². The van der Waals surface area contributed by atoms with E-state index in [-0.39, 0.29) is 12.0 Å². The van der Waals surface area contributed by atoms with Crippen LogP contribution in [0.1, 0.15) is 18.6 Å². The van der Waals surface area contributed by atoms with E-state index in [1.165, 1.54) is 0 Å². The van der Waals surface area contributed by atoms with Crippen LogP contribution in [0.4, 0.5) is 0 Å². The fourth-order valence-corrected chi connectivity index (χ4v) is 2.00. The van der Waals surface area contributed by atoms with Gasteiger partial charge in [0.1, 0.15) is 5.76 Å². The normalized spacial score (nSPS) is 19.1. The molecule has 0 radical (unpaired) electrons. The molecule has 0 bridgehead atoms. The molecule has 1 amide bonds. The number of hydrogen-bond donors (Lipinski definition) is 1. The van der Waals surface area contributed by atoms with E-state index in [1.54, 1.807) is 18.2 Å². The minimum atomic E-state index is 0.0596. The van der Waals surface area contributed by atoms with Crippen LogP contribution in [-0.2, 0) is 16.1 Å². The predicted molar refractivity (Wildman–Crippen MR) is 67.0 cm³/mol. The van der Waals surface area contributed by atoms with E-state index in [2.05, 4.69) is 5.32 Å². The molecular formula is C13H20N2O3. The lowest BCUT2D eigenvalue weighted by Gasteiger charge is -2.17. The highest BCUT2D eigenvalue weighted by Crippen LogP contribution is 2.10. The summed E-state index contributed by atoms with van der Waals surface area (Å²) in [5.74, 6) is 0.856. The molecule has 1 fully saturated rings. The number of furan rings is 1. The Hall–Kier alpha value is -1.33. The standard InChI is InChI=1S/C13H20N2O3/c1-15(10-12-5-3-7-18-12)13(16)9-14-8-11-4-2-6-17-11/h3,5,7,11,14H,2,4,6,8-10H2,1H3. The SMILES string of the molecule is CN(Cc1ccco1)C(=O)CNCC1CCCO1. The number of carbonyl (C=O) groups excluding carboxylic acids is 1. The first-order valence-electron chi connectivity index (χ1n) is 6.34. The van der Waals surface area contributed by atoms with Gasteiger partial charge in [-0.05, 0) is 25.0 Å². The van der Waals surface area contributed by atoms with Crippen LogP contribution in [0.5, 0.6) is 0 Å². The van der Waals surface area contributed by atoms with Crippen LogP contribution in [0.15, 0.2) is 22.8 Å². The lowest BCUT2D eigenvalue weighted by molar-refractivity contribution is -0.129. The Morgan fingerprint density at radius 2 is 2.50 bits per heavy atom. The van der Waals surface area contributed by atoms with Gasteiger partial charge in [0.25, 0.3) is 0 Å². The van der Waals surface area contributed by atoms with E-state index >= 15 is 0 Å². The Morgan fingerprint density at radius 3 is 3.17 bits per heavy atom. The van der Waals surface area contributed by atoms with Crippen LogP contribution >= 0.6 is 0 Å². The van der Waals surface area contributed by atoms with Gasteiger partial charge in [0, 0.05) is 20.2 Å². The summed E-state index contributed by atoms with van der Waals surface area (Å²) in [7, 11) is 1.78. The average molecular weight is 252 g/mol. The third kappa shape index (κ3) is 3.85. The molecule has 1 N–H and O–H groups in total. The van der Waals surface area contributed by atoms with Gasteiger partial charge in [-0.2, -0.15) is 0 Å². The summed E-state index contributed by atoms with van der Waals surface area (Å²) in [4.78, 5) is 13.5. The van der Waals surface area contributed by atoms with Crippen molar-refractivity contribution in [3.63, 3.8) is 0 Å². The topological polar surface area (TPSA) is 54.7 Å². The zero-order chi connectivity index (χ0) is 12.8. The highest BCUT2D eigenvalue weighted by molar-refractivity contribution is 5.77. The van der Waals surface area contributed by atoms with Gasteiger partial charge in [0.2, 0.25) is 5.91 Å². The van der Waals surface area contributed by atoms with Crippen molar-refractivity contribution < 1.29 is 13.9 Å². The maximum atomic E-state index is 11.8. The summed E-state index contributed by atoms with van der Waals surface area (Å²) in [5, 5.41) is 3.14. The smallest absolute Gasteiger partial charge is 0.236 e. The van der Waals surface area contributed by atoms with Crippen LogP contribution in [0.3, 0.4) is 0 Å². The van der Waals surface area contributed by atoms with Gasteiger partial charge in [-0.15, -0.1) is 0 Å². The molecule has 0 spiro atoms. The predicted octanol–water partition coefficient (Wildman–Crippen LogP) is 1.01. The fraction of sp³-hybridized carbons (Fsp3) is 0.615. The third-order valence-electron chi connectivity index (χ3n) is 3.07. The molecule has 5 nitrogen and oxygen atoms in total. The van der Waals surface area contributed by atoms with Gasteiger partial charge >= 0.3 is 0 Å². The first kappa shape index (κ1) is 13.1. The molecule has 1 unspecified atom stereocenters. The molecule has 5 heteroatoms. The number of amides is 1. The van der Waals surface area contributed by atoms with Gasteiger partial charge in [-0.25, -0.2) is 0 Å². The van der Waals surface area contributed by atoms with Gasteiger partial charge in [0.05, 0.1) is 25.5 Å². The van der Waals surface area contributed by atoms with Crippen molar-refractivity contribution in [1.29, 1.82) is 0 Å². The first-order chi connectivity index (χ1) is 8.75. The molecule has 18 heavy (non-hydrogen) atoms. The molecule has 1 aromatic heterocycles. The van der Waals surface area contributed by atoms with E-state index < -0.39 is 0 Å². The molecule has 1 aliphatic heterocycles. The minimum absolute atomic E-state index is 0.0596. The second kappa shape index (κ2) is 6.56. The summed E-state index contributed by atoms with van der Waals surface area (Å²) < 4.78 is 10.7. The van der Waals surface area contributed by atoms with E-state index in [0.717, 1.165) is 31.8 Å². The Labute approximate surface area is 107 Å². The second-order valence-corrected chi connectivity index (χ2v) is 4.60. The van der Waals surface area contributed by atoms with Crippen molar-refractivity contribution in [1.82, 2.24) is 10.2 Å². The summed E-state index contributed by atoms with van der Waals surface area (Å²) >= 11 is 0. The van der Waals surface area contributed by atoms with Gasteiger partial charge in [-0.3, -0.25) is 4.79 Å². The van der Waals surface area contributed by atoms with Crippen molar-refractivity contribution in [2.24, 2.45) is 0 Å². The molecule has 1 atom stereocenters. The lowest BCUT2D eigenvalue weighted by atomic mass is 10.2. The Morgan fingerprint density at radius 1 is 1.61 bits per heavy atom. The van der Waals surface area contributed by atoms with Crippen LogP contribution in [0, 0.1) is 0 Å². The number of hydrogen-bond acceptors (Lipinski definition) is 4. The number of ether oxygens (including phenoxy) is 1. The molecule has 1 aromatic rings. The number of likely N-dealkylation sites (N-methyl/N-ethyl adjacent to an activating group) is 1. The monoisotopic (exact) mass is 252 g/mol. The maximum Gasteiger partial charge on any atom is 0.236 e. The number of carbonyl (C=O) groups is 1. The molecule has 0 aliphatic carbocycles. The van der Waals surface area contributed by atoms with Crippen molar-refractivity contribution in [3.05, 3.63) is 24.2 Å². The maximum absolute atomic E-state index is 11.8. The quantitative estimate of drug-likeness (QED) is 0.821. The van der Waals surface area contributed by atoms with Gasteiger partial charge < -0.3 is 19.4 Å². The van der Waals surface area contributed by atoms with Crippen LogP contribution in [0.25, 0.3) is 0 Å².